The van der Waals surface area contributed by atoms with E-state index in [1.165, 1.54) is 24.3 Å². The summed E-state index contributed by atoms with van der Waals surface area (Å²) in [6.45, 7) is 1.82. The molecule has 9 nitrogen and oxygen atoms in total. The Morgan fingerprint density at radius 2 is 1.57 bits per heavy atom. The van der Waals surface area contributed by atoms with Gasteiger partial charge >= 0.3 is 6.36 Å². The van der Waals surface area contributed by atoms with Crippen molar-refractivity contribution in [2.24, 2.45) is 10.8 Å². The summed E-state index contributed by atoms with van der Waals surface area (Å²) in [5, 5.41) is 19.1. The zero-order valence-corrected chi connectivity index (χ0v) is 23.5. The number of hydrogen-bond donors (Lipinski definition) is 4. The summed E-state index contributed by atoms with van der Waals surface area (Å²) >= 11 is 2.13. The van der Waals surface area contributed by atoms with Gasteiger partial charge in [-0.2, -0.15) is 5.10 Å². The third-order valence-electron chi connectivity index (χ3n) is 5.74. The van der Waals surface area contributed by atoms with Crippen LogP contribution in [-0.2, 0) is 17.8 Å². The molecule has 0 aliphatic rings. The highest BCUT2D eigenvalue weighted by atomic mass is 32.1. The zero-order chi connectivity index (χ0) is 30.4. The lowest BCUT2D eigenvalue weighted by molar-refractivity contribution is -0.274. The molecule has 0 bridgehead atoms. The number of primary amides is 1. The highest BCUT2D eigenvalue weighted by Gasteiger charge is 2.31. The largest absolute Gasteiger partial charge is 0.573 e. The van der Waals surface area contributed by atoms with Crippen LogP contribution in [0.5, 0.6) is 11.5 Å². The van der Waals surface area contributed by atoms with E-state index >= 15 is 0 Å². The number of nitrogens with two attached hydrogens (primary N) is 1. The number of hydrazone groups is 1. The highest BCUT2D eigenvalue weighted by Crippen LogP contribution is 2.39. The number of carbonyl (C=O) groups is 3. The van der Waals surface area contributed by atoms with E-state index in [-0.39, 0.29) is 41.0 Å². The molecule has 0 atom stereocenters. The number of thiophene rings is 2. The van der Waals surface area contributed by atoms with Gasteiger partial charge in [-0.05, 0) is 60.0 Å². The molecule has 2 aromatic heterocycles. The van der Waals surface area contributed by atoms with Crippen molar-refractivity contribution in [3.8, 4) is 21.9 Å². The molecular formula is C28H23F3N4O5S2. The van der Waals surface area contributed by atoms with Gasteiger partial charge in [-0.25, -0.2) is 5.43 Å². The minimum atomic E-state index is -4.81. The van der Waals surface area contributed by atoms with E-state index in [9.17, 15) is 32.7 Å². The Labute approximate surface area is 245 Å². The molecule has 4 aromatic rings. The summed E-state index contributed by atoms with van der Waals surface area (Å²) in [5.74, 6) is -1.88. The van der Waals surface area contributed by atoms with Crippen LogP contribution in [0.1, 0.15) is 43.0 Å². The van der Waals surface area contributed by atoms with E-state index in [4.69, 9.17) is 5.73 Å². The highest BCUT2D eigenvalue weighted by molar-refractivity contribution is 7.16. The summed E-state index contributed by atoms with van der Waals surface area (Å²) in [7, 11) is 0. The van der Waals surface area contributed by atoms with E-state index in [0.29, 0.717) is 20.9 Å². The van der Waals surface area contributed by atoms with Crippen LogP contribution in [0, 0.1) is 0 Å². The smallest absolute Gasteiger partial charge is 0.506 e. The van der Waals surface area contributed by atoms with Crippen molar-refractivity contribution in [1.29, 1.82) is 0 Å². The Hall–Kier alpha value is -4.69. The van der Waals surface area contributed by atoms with Crippen molar-refractivity contribution in [2.75, 3.05) is 0 Å². The standard InChI is InChI=1S/C28H23F3N4O5S2/c1-15(20-14-41-25(24(20)37)18-6-8-19(9-7-18)40-28(29,30)31)34-35-27(39)22-11-10-21(42-22)26(38)33-13-17-4-2-16(3-5-17)12-23(32)36/h2-11,14,37H,12-13H2,1H3,(H2,32,36)(H,33,38)(H,35,39)/b34-15+. The summed E-state index contributed by atoms with van der Waals surface area (Å²) in [6.07, 6.45) is -4.68. The Morgan fingerprint density at radius 1 is 0.952 bits per heavy atom. The molecule has 2 heterocycles. The molecule has 2 aromatic carbocycles. The number of hydrogen-bond acceptors (Lipinski definition) is 8. The third kappa shape index (κ3) is 7.95. The van der Waals surface area contributed by atoms with Crippen LogP contribution in [0.25, 0.3) is 10.4 Å². The quantitative estimate of drug-likeness (QED) is 0.143. The fraction of sp³-hybridized carbons (Fsp3) is 0.143. The van der Waals surface area contributed by atoms with E-state index in [1.54, 1.807) is 36.6 Å². The number of benzene rings is 2. The second-order valence-electron chi connectivity index (χ2n) is 8.84. The van der Waals surface area contributed by atoms with Crippen LogP contribution in [0.15, 0.2) is 71.1 Å². The number of nitrogens with zero attached hydrogens (tertiary/aromatic N) is 1. The Morgan fingerprint density at radius 3 is 2.19 bits per heavy atom. The molecule has 0 aliphatic carbocycles. The van der Waals surface area contributed by atoms with Crippen molar-refractivity contribution in [1.82, 2.24) is 10.7 Å². The number of carbonyl (C=O) groups excluding carboxylic acids is 3. The predicted octanol–water partition coefficient (Wildman–Crippen LogP) is 5.19. The van der Waals surface area contributed by atoms with Gasteiger partial charge in [0.15, 0.2) is 0 Å². The fourth-order valence-corrected chi connectivity index (χ4v) is 5.52. The van der Waals surface area contributed by atoms with Crippen molar-refractivity contribution in [2.45, 2.75) is 26.3 Å². The zero-order valence-electron chi connectivity index (χ0n) is 21.8. The first-order chi connectivity index (χ1) is 19.9. The number of aromatic hydroxyl groups is 1. The van der Waals surface area contributed by atoms with Crippen LogP contribution in [0.3, 0.4) is 0 Å². The van der Waals surface area contributed by atoms with Gasteiger partial charge < -0.3 is 20.9 Å². The molecule has 0 spiro atoms. The van der Waals surface area contributed by atoms with Crippen molar-refractivity contribution >= 4 is 46.1 Å². The van der Waals surface area contributed by atoms with Gasteiger partial charge in [0, 0.05) is 11.9 Å². The first kappa shape index (κ1) is 30.3. The Kier molecular flexibility index (Phi) is 9.28. The average molecular weight is 617 g/mol. The first-order valence-electron chi connectivity index (χ1n) is 12.2. The van der Waals surface area contributed by atoms with E-state index in [2.05, 4.69) is 20.6 Å². The van der Waals surface area contributed by atoms with Gasteiger partial charge in [-0.1, -0.05) is 24.3 Å². The molecule has 0 aliphatic heterocycles. The monoisotopic (exact) mass is 616 g/mol. The summed E-state index contributed by atoms with van der Waals surface area (Å²) in [5.41, 5.74) is 10.3. The molecule has 0 saturated heterocycles. The summed E-state index contributed by atoms with van der Waals surface area (Å²) in [4.78, 5) is 37.1. The summed E-state index contributed by atoms with van der Waals surface area (Å²) in [6, 6.07) is 15.1. The van der Waals surface area contributed by atoms with Crippen molar-refractivity contribution in [3.63, 3.8) is 0 Å². The molecule has 0 fully saturated rings. The minimum Gasteiger partial charge on any atom is -0.506 e. The number of ether oxygens (including phenoxy) is 1. The molecule has 3 amide bonds. The van der Waals surface area contributed by atoms with E-state index in [0.717, 1.165) is 45.9 Å². The van der Waals surface area contributed by atoms with Crippen LogP contribution in [0.4, 0.5) is 13.2 Å². The predicted molar refractivity (Wildman–Crippen MR) is 153 cm³/mol. The third-order valence-corrected chi connectivity index (χ3v) is 7.84. The topological polar surface area (TPSA) is 143 Å². The molecular weight excluding hydrogens is 593 g/mol. The number of rotatable bonds is 10. The van der Waals surface area contributed by atoms with Gasteiger partial charge in [-0.15, -0.1) is 35.8 Å². The molecule has 0 saturated carbocycles. The Balaban J connectivity index is 1.34. The minimum absolute atomic E-state index is 0.132. The lowest BCUT2D eigenvalue weighted by Gasteiger charge is -2.09. The lowest BCUT2D eigenvalue weighted by atomic mass is 10.1. The second kappa shape index (κ2) is 12.9. The number of nitrogens with one attached hydrogen (secondary N) is 2. The number of amides is 3. The fourth-order valence-electron chi connectivity index (χ4n) is 3.70. The molecule has 5 N–H and O–H groups in total. The van der Waals surface area contributed by atoms with Gasteiger partial charge in [-0.3, -0.25) is 14.4 Å². The lowest BCUT2D eigenvalue weighted by Crippen LogP contribution is -2.22. The van der Waals surface area contributed by atoms with Crippen LogP contribution >= 0.6 is 22.7 Å². The molecule has 218 valence electrons. The van der Waals surface area contributed by atoms with Crippen LogP contribution in [-0.4, -0.2) is 34.9 Å². The van der Waals surface area contributed by atoms with Gasteiger partial charge in [0.2, 0.25) is 5.91 Å². The molecule has 4 rings (SSSR count). The van der Waals surface area contributed by atoms with Crippen LogP contribution < -0.4 is 21.2 Å². The van der Waals surface area contributed by atoms with Crippen molar-refractivity contribution < 1.29 is 37.4 Å². The molecule has 0 radical (unpaired) electrons. The van der Waals surface area contributed by atoms with Gasteiger partial charge in [0.25, 0.3) is 11.8 Å². The first-order valence-corrected chi connectivity index (χ1v) is 13.8. The molecule has 14 heteroatoms. The number of halogens is 3. The second-order valence-corrected chi connectivity index (χ2v) is 10.8. The normalized spacial score (nSPS) is 11.7. The van der Waals surface area contributed by atoms with Gasteiger partial charge in [0.05, 0.1) is 32.3 Å². The Bertz CT molecular complexity index is 1630. The summed E-state index contributed by atoms with van der Waals surface area (Å²) < 4.78 is 41.0. The van der Waals surface area contributed by atoms with E-state index in [1.807, 2.05) is 0 Å². The van der Waals surface area contributed by atoms with Crippen LogP contribution in [0.2, 0.25) is 0 Å². The molecule has 42 heavy (non-hydrogen) atoms. The maximum Gasteiger partial charge on any atom is 0.573 e. The SMILES string of the molecule is C/C(=N\NC(=O)c1ccc(C(=O)NCc2ccc(CC(N)=O)cc2)s1)c1csc(-c2ccc(OC(F)(F)F)cc2)c1O. The maximum absolute atomic E-state index is 12.6. The molecule has 0 unspecified atom stereocenters. The van der Waals surface area contributed by atoms with Crippen molar-refractivity contribution in [3.05, 3.63) is 92.5 Å². The van der Waals surface area contributed by atoms with E-state index < -0.39 is 18.2 Å². The average Bonchev–Trinajstić information content (AvgIpc) is 3.58. The van der Waals surface area contributed by atoms with Gasteiger partial charge in [0.1, 0.15) is 11.5 Å². The number of alkyl halides is 3. The maximum atomic E-state index is 12.6.